The first-order chi connectivity index (χ1) is 8.56. The van der Waals surface area contributed by atoms with Crippen molar-refractivity contribution >= 4 is 11.9 Å². The van der Waals surface area contributed by atoms with Gasteiger partial charge in [0, 0.05) is 13.1 Å². The Morgan fingerprint density at radius 1 is 1.39 bits per heavy atom. The van der Waals surface area contributed by atoms with E-state index in [-0.39, 0.29) is 24.5 Å². The maximum absolute atomic E-state index is 12.2. The normalized spacial score (nSPS) is 32.5. The minimum Gasteiger partial charge on any atom is -0.481 e. The minimum absolute atomic E-state index is 0.0296. The van der Waals surface area contributed by atoms with Gasteiger partial charge in [-0.3, -0.25) is 9.59 Å². The van der Waals surface area contributed by atoms with Gasteiger partial charge in [-0.2, -0.15) is 0 Å². The van der Waals surface area contributed by atoms with Crippen LogP contribution in [0.5, 0.6) is 0 Å². The fraction of sp³-hybridized carbons (Fsp3) is 0.833. The number of rotatable bonds is 3. The maximum atomic E-state index is 12.2. The van der Waals surface area contributed by atoms with Gasteiger partial charge in [-0.15, -0.1) is 0 Å². The molecule has 6 heteroatoms. The lowest BCUT2D eigenvalue weighted by atomic mass is 10.1. The van der Waals surface area contributed by atoms with Crippen LogP contribution in [0.15, 0.2) is 0 Å². The Hall–Kier alpha value is -1.14. The number of carbonyl (C=O) groups excluding carboxylic acids is 1. The highest BCUT2D eigenvalue weighted by Crippen LogP contribution is 2.22. The zero-order valence-corrected chi connectivity index (χ0v) is 10.5. The zero-order valence-electron chi connectivity index (χ0n) is 10.5. The van der Waals surface area contributed by atoms with Gasteiger partial charge in [-0.05, 0) is 19.8 Å². The Bertz CT molecular complexity index is 332. The van der Waals surface area contributed by atoms with E-state index in [9.17, 15) is 9.59 Å². The van der Waals surface area contributed by atoms with Crippen molar-refractivity contribution in [1.82, 2.24) is 4.90 Å². The Kier molecular flexibility index (Phi) is 4.19. The van der Waals surface area contributed by atoms with Crippen molar-refractivity contribution in [2.24, 2.45) is 0 Å². The molecule has 1 N–H and O–H groups in total. The number of morpholine rings is 1. The summed E-state index contributed by atoms with van der Waals surface area (Å²) in [5.74, 6) is -0.932. The third-order valence-corrected chi connectivity index (χ3v) is 3.36. The molecule has 102 valence electrons. The van der Waals surface area contributed by atoms with Crippen molar-refractivity contribution in [3.63, 3.8) is 0 Å². The molecule has 0 saturated carbocycles. The molecule has 2 aliphatic heterocycles. The van der Waals surface area contributed by atoms with Gasteiger partial charge in [0.1, 0.15) is 6.10 Å². The van der Waals surface area contributed by atoms with E-state index in [1.807, 2.05) is 6.92 Å². The number of carboxylic acids is 1. The van der Waals surface area contributed by atoms with E-state index in [1.54, 1.807) is 4.90 Å². The quantitative estimate of drug-likeness (QED) is 0.784. The minimum atomic E-state index is -0.903. The number of hydrogen-bond acceptors (Lipinski definition) is 4. The standard InChI is InChI=1S/C12H19NO5/c1-8-2-3-10(18-8)12(16)13-4-5-17-9(7-13)6-11(14)15/h8-10H,2-7H2,1H3,(H,14,15). The Morgan fingerprint density at radius 2 is 2.17 bits per heavy atom. The molecule has 3 unspecified atom stereocenters. The summed E-state index contributed by atoms with van der Waals surface area (Å²) in [6, 6.07) is 0. The maximum Gasteiger partial charge on any atom is 0.306 e. The lowest BCUT2D eigenvalue weighted by molar-refractivity contribution is -0.154. The smallest absolute Gasteiger partial charge is 0.306 e. The molecule has 0 spiro atoms. The van der Waals surface area contributed by atoms with Gasteiger partial charge in [0.2, 0.25) is 0 Å². The first-order valence-corrected chi connectivity index (χ1v) is 6.34. The monoisotopic (exact) mass is 257 g/mol. The van der Waals surface area contributed by atoms with Crippen LogP contribution in [0.4, 0.5) is 0 Å². The van der Waals surface area contributed by atoms with E-state index in [0.29, 0.717) is 19.7 Å². The van der Waals surface area contributed by atoms with Crippen LogP contribution in [-0.4, -0.2) is 59.9 Å². The molecule has 0 aromatic carbocycles. The van der Waals surface area contributed by atoms with Gasteiger partial charge >= 0.3 is 5.97 Å². The van der Waals surface area contributed by atoms with Crippen molar-refractivity contribution in [1.29, 1.82) is 0 Å². The van der Waals surface area contributed by atoms with Crippen LogP contribution in [0.25, 0.3) is 0 Å². The molecule has 2 rings (SSSR count). The third-order valence-electron chi connectivity index (χ3n) is 3.36. The summed E-state index contributed by atoms with van der Waals surface area (Å²) < 4.78 is 10.9. The third kappa shape index (κ3) is 3.20. The predicted molar refractivity (Wildman–Crippen MR) is 62.1 cm³/mol. The number of amides is 1. The van der Waals surface area contributed by atoms with E-state index in [2.05, 4.69) is 0 Å². The molecule has 0 radical (unpaired) electrons. The van der Waals surface area contributed by atoms with E-state index in [4.69, 9.17) is 14.6 Å². The Morgan fingerprint density at radius 3 is 2.78 bits per heavy atom. The van der Waals surface area contributed by atoms with Gasteiger partial charge in [0.15, 0.2) is 0 Å². The number of hydrogen-bond donors (Lipinski definition) is 1. The number of ether oxygens (including phenoxy) is 2. The average Bonchev–Trinajstić information content (AvgIpc) is 2.74. The molecule has 1 amide bonds. The Labute approximate surface area is 106 Å². The fourth-order valence-corrected chi connectivity index (χ4v) is 2.43. The van der Waals surface area contributed by atoms with Crippen LogP contribution in [0.3, 0.4) is 0 Å². The molecule has 0 bridgehead atoms. The molecular formula is C12H19NO5. The second-order valence-electron chi connectivity index (χ2n) is 4.89. The van der Waals surface area contributed by atoms with Crippen molar-refractivity contribution in [3.05, 3.63) is 0 Å². The summed E-state index contributed by atoms with van der Waals surface area (Å²) in [6.45, 7) is 3.22. The number of nitrogens with zero attached hydrogens (tertiary/aromatic N) is 1. The van der Waals surface area contributed by atoms with Gasteiger partial charge < -0.3 is 19.5 Å². The van der Waals surface area contributed by atoms with E-state index in [0.717, 1.165) is 12.8 Å². The highest BCUT2D eigenvalue weighted by molar-refractivity contribution is 5.81. The first-order valence-electron chi connectivity index (χ1n) is 6.34. The van der Waals surface area contributed by atoms with Crippen LogP contribution in [-0.2, 0) is 19.1 Å². The summed E-state index contributed by atoms with van der Waals surface area (Å²) in [5.41, 5.74) is 0. The summed E-state index contributed by atoms with van der Waals surface area (Å²) in [7, 11) is 0. The molecule has 2 saturated heterocycles. The molecule has 2 fully saturated rings. The SMILES string of the molecule is CC1CCC(C(=O)N2CCOC(CC(=O)O)C2)O1. The molecule has 6 nitrogen and oxygen atoms in total. The topological polar surface area (TPSA) is 76.1 Å². The first kappa shape index (κ1) is 13.3. The van der Waals surface area contributed by atoms with Gasteiger partial charge in [0.05, 0.1) is 25.2 Å². The molecule has 2 heterocycles. The highest BCUT2D eigenvalue weighted by Gasteiger charge is 2.34. The molecule has 0 aliphatic carbocycles. The molecule has 3 atom stereocenters. The van der Waals surface area contributed by atoms with E-state index in [1.165, 1.54) is 0 Å². The highest BCUT2D eigenvalue weighted by atomic mass is 16.5. The summed E-state index contributed by atoms with van der Waals surface area (Å²) >= 11 is 0. The van der Waals surface area contributed by atoms with Crippen LogP contribution >= 0.6 is 0 Å². The van der Waals surface area contributed by atoms with Crippen LogP contribution in [0.1, 0.15) is 26.2 Å². The second-order valence-corrected chi connectivity index (χ2v) is 4.89. The van der Waals surface area contributed by atoms with Crippen molar-refractivity contribution in [2.45, 2.75) is 44.5 Å². The molecule has 2 aliphatic rings. The predicted octanol–water partition coefficient (Wildman–Crippen LogP) is 0.256. The molecule has 0 aromatic rings. The summed E-state index contributed by atoms with van der Waals surface area (Å²) in [4.78, 5) is 24.5. The Balaban J connectivity index is 1.88. The number of carbonyl (C=O) groups is 2. The number of carboxylic acid groups (broad SMARTS) is 1. The average molecular weight is 257 g/mol. The van der Waals surface area contributed by atoms with Crippen LogP contribution in [0.2, 0.25) is 0 Å². The van der Waals surface area contributed by atoms with Crippen LogP contribution in [0, 0.1) is 0 Å². The van der Waals surface area contributed by atoms with E-state index >= 15 is 0 Å². The largest absolute Gasteiger partial charge is 0.481 e. The summed E-state index contributed by atoms with van der Waals surface area (Å²) in [6.07, 6.45) is 0.962. The van der Waals surface area contributed by atoms with Crippen molar-refractivity contribution < 1.29 is 24.2 Å². The molecular weight excluding hydrogens is 238 g/mol. The van der Waals surface area contributed by atoms with Crippen LogP contribution < -0.4 is 0 Å². The van der Waals surface area contributed by atoms with E-state index < -0.39 is 12.1 Å². The van der Waals surface area contributed by atoms with Gasteiger partial charge in [-0.25, -0.2) is 0 Å². The lowest BCUT2D eigenvalue weighted by Crippen LogP contribution is -2.49. The molecule has 18 heavy (non-hydrogen) atoms. The van der Waals surface area contributed by atoms with Gasteiger partial charge in [0.25, 0.3) is 5.91 Å². The van der Waals surface area contributed by atoms with Crippen molar-refractivity contribution in [2.75, 3.05) is 19.7 Å². The molecule has 0 aromatic heterocycles. The van der Waals surface area contributed by atoms with Crippen molar-refractivity contribution in [3.8, 4) is 0 Å². The second kappa shape index (κ2) is 5.67. The van der Waals surface area contributed by atoms with Gasteiger partial charge in [-0.1, -0.05) is 0 Å². The zero-order chi connectivity index (χ0) is 13.1. The fourth-order valence-electron chi connectivity index (χ4n) is 2.43. The summed E-state index contributed by atoms with van der Waals surface area (Å²) in [5, 5.41) is 8.73. The number of aliphatic carboxylic acids is 1. The lowest BCUT2D eigenvalue weighted by Gasteiger charge is -2.33.